The van der Waals surface area contributed by atoms with E-state index in [4.69, 9.17) is 5.21 Å². The first-order chi connectivity index (χ1) is 6.92. The molecule has 1 heterocycles. The van der Waals surface area contributed by atoms with Crippen LogP contribution in [0.3, 0.4) is 0 Å². The second-order valence-corrected chi connectivity index (χ2v) is 2.61. The van der Waals surface area contributed by atoms with E-state index in [0.717, 1.165) is 5.56 Å². The van der Waals surface area contributed by atoms with E-state index < -0.39 is 0 Å². The van der Waals surface area contributed by atoms with Crippen LogP contribution >= 0.6 is 0 Å². The molecule has 5 nitrogen and oxygen atoms in total. The molecular formula is C9H7N3O2. The van der Waals surface area contributed by atoms with Crippen molar-refractivity contribution in [2.75, 3.05) is 0 Å². The van der Waals surface area contributed by atoms with Crippen LogP contribution in [0.25, 0.3) is 11.3 Å². The molecule has 0 spiro atoms. The Kier molecular flexibility index (Phi) is 2.22. The van der Waals surface area contributed by atoms with Crippen molar-refractivity contribution in [3.63, 3.8) is 0 Å². The van der Waals surface area contributed by atoms with Gasteiger partial charge in [0.25, 0.3) is 0 Å². The van der Waals surface area contributed by atoms with E-state index in [-0.39, 0.29) is 0 Å². The standard InChI is InChI=1S/C9H7N3O2/c13-10-6-8-9(12-14-11-8)7-4-2-1-3-5-7/h1-6,13H/b10-6-. The van der Waals surface area contributed by atoms with Gasteiger partial charge in [-0.05, 0) is 10.3 Å². The summed E-state index contributed by atoms with van der Waals surface area (Å²) in [6.45, 7) is 0. The minimum Gasteiger partial charge on any atom is -0.411 e. The smallest absolute Gasteiger partial charge is 0.157 e. The Labute approximate surface area is 79.6 Å². The molecule has 0 fully saturated rings. The van der Waals surface area contributed by atoms with Crippen LogP contribution in [-0.4, -0.2) is 21.7 Å². The van der Waals surface area contributed by atoms with Crippen molar-refractivity contribution in [2.45, 2.75) is 0 Å². The number of aromatic nitrogens is 2. The van der Waals surface area contributed by atoms with Gasteiger partial charge in [0.15, 0.2) is 5.69 Å². The molecule has 1 N–H and O–H groups in total. The summed E-state index contributed by atoms with van der Waals surface area (Å²) in [5, 5.41) is 18.5. The Morgan fingerprint density at radius 2 is 2.00 bits per heavy atom. The number of benzene rings is 1. The lowest BCUT2D eigenvalue weighted by molar-refractivity contribution is 0.305. The summed E-state index contributed by atoms with van der Waals surface area (Å²) in [5.41, 5.74) is 1.82. The van der Waals surface area contributed by atoms with E-state index in [0.29, 0.717) is 11.4 Å². The highest BCUT2D eigenvalue weighted by Crippen LogP contribution is 2.18. The predicted octanol–water partition coefficient (Wildman–Crippen LogP) is 1.54. The van der Waals surface area contributed by atoms with Crippen LogP contribution in [0.4, 0.5) is 0 Å². The summed E-state index contributed by atoms with van der Waals surface area (Å²) in [5.74, 6) is 0. The van der Waals surface area contributed by atoms with Crippen LogP contribution in [0, 0.1) is 0 Å². The van der Waals surface area contributed by atoms with Gasteiger partial charge in [-0.25, -0.2) is 4.63 Å². The molecule has 1 aromatic carbocycles. The zero-order chi connectivity index (χ0) is 9.80. The van der Waals surface area contributed by atoms with Gasteiger partial charge in [-0.3, -0.25) is 0 Å². The molecule has 0 aliphatic rings. The van der Waals surface area contributed by atoms with Crippen LogP contribution in [-0.2, 0) is 0 Å². The van der Waals surface area contributed by atoms with Crippen LogP contribution in [0.2, 0.25) is 0 Å². The molecule has 0 saturated carbocycles. The third-order valence-electron chi connectivity index (χ3n) is 1.74. The lowest BCUT2D eigenvalue weighted by atomic mass is 10.1. The monoisotopic (exact) mass is 189 g/mol. The highest BCUT2D eigenvalue weighted by Gasteiger charge is 2.09. The second-order valence-electron chi connectivity index (χ2n) is 2.61. The third-order valence-corrected chi connectivity index (χ3v) is 1.74. The van der Waals surface area contributed by atoms with Crippen molar-refractivity contribution < 1.29 is 9.84 Å². The molecule has 0 bridgehead atoms. The van der Waals surface area contributed by atoms with Crippen LogP contribution in [0.1, 0.15) is 5.69 Å². The number of nitrogens with zero attached hydrogens (tertiary/aromatic N) is 3. The van der Waals surface area contributed by atoms with Crippen molar-refractivity contribution in [3.05, 3.63) is 36.0 Å². The minimum absolute atomic E-state index is 0.402. The summed E-state index contributed by atoms with van der Waals surface area (Å²) in [7, 11) is 0. The molecule has 70 valence electrons. The van der Waals surface area contributed by atoms with Gasteiger partial charge >= 0.3 is 0 Å². The number of rotatable bonds is 2. The molecule has 1 aromatic heterocycles. The van der Waals surface area contributed by atoms with Gasteiger partial charge in [0, 0.05) is 5.56 Å². The first kappa shape index (κ1) is 8.43. The molecular weight excluding hydrogens is 182 g/mol. The second kappa shape index (κ2) is 3.69. The summed E-state index contributed by atoms with van der Waals surface area (Å²) < 4.78 is 4.55. The molecule has 0 radical (unpaired) electrons. The summed E-state index contributed by atoms with van der Waals surface area (Å²) in [6.07, 6.45) is 1.18. The largest absolute Gasteiger partial charge is 0.411 e. The maximum absolute atomic E-state index is 8.37. The Balaban J connectivity index is 2.47. The van der Waals surface area contributed by atoms with Gasteiger partial charge < -0.3 is 5.21 Å². The number of oxime groups is 1. The molecule has 0 unspecified atom stereocenters. The van der Waals surface area contributed by atoms with E-state index in [9.17, 15) is 0 Å². The summed E-state index contributed by atoms with van der Waals surface area (Å²) >= 11 is 0. The number of hydrogen-bond donors (Lipinski definition) is 1. The Morgan fingerprint density at radius 1 is 1.21 bits per heavy atom. The average molecular weight is 189 g/mol. The van der Waals surface area contributed by atoms with Crippen molar-refractivity contribution in [3.8, 4) is 11.3 Å². The van der Waals surface area contributed by atoms with Crippen molar-refractivity contribution >= 4 is 6.21 Å². The Bertz CT molecular complexity index is 436. The number of hydrogen-bond acceptors (Lipinski definition) is 5. The van der Waals surface area contributed by atoms with Crippen molar-refractivity contribution in [2.24, 2.45) is 5.16 Å². The van der Waals surface area contributed by atoms with Gasteiger partial charge in [-0.15, -0.1) is 0 Å². The Morgan fingerprint density at radius 3 is 2.71 bits per heavy atom. The highest BCUT2D eigenvalue weighted by atomic mass is 16.6. The lowest BCUT2D eigenvalue weighted by Gasteiger charge is -1.93. The summed E-state index contributed by atoms with van der Waals surface area (Å²) in [6, 6.07) is 9.40. The van der Waals surface area contributed by atoms with Crippen LogP contribution in [0.15, 0.2) is 40.1 Å². The normalized spacial score (nSPS) is 10.9. The average Bonchev–Trinajstić information content (AvgIpc) is 2.68. The van der Waals surface area contributed by atoms with E-state index in [2.05, 4.69) is 20.1 Å². The van der Waals surface area contributed by atoms with Crippen molar-refractivity contribution in [1.82, 2.24) is 10.3 Å². The lowest BCUT2D eigenvalue weighted by Crippen LogP contribution is -1.86. The predicted molar refractivity (Wildman–Crippen MR) is 49.1 cm³/mol. The molecule has 5 heteroatoms. The highest BCUT2D eigenvalue weighted by molar-refractivity contribution is 5.85. The molecule has 14 heavy (non-hydrogen) atoms. The quantitative estimate of drug-likeness (QED) is 0.442. The third kappa shape index (κ3) is 1.47. The molecule has 2 aromatic rings. The summed E-state index contributed by atoms with van der Waals surface area (Å²) in [4.78, 5) is 0. The van der Waals surface area contributed by atoms with E-state index in [1.54, 1.807) is 0 Å². The minimum atomic E-state index is 0.402. The fraction of sp³-hybridized carbons (Fsp3) is 0. The zero-order valence-electron chi connectivity index (χ0n) is 7.16. The maximum Gasteiger partial charge on any atom is 0.157 e. The molecule has 0 amide bonds. The topological polar surface area (TPSA) is 71.5 Å². The van der Waals surface area contributed by atoms with Crippen LogP contribution in [0.5, 0.6) is 0 Å². The Hall–Kier alpha value is -2.17. The SMILES string of the molecule is O/N=C\c1nonc1-c1ccccc1. The van der Waals surface area contributed by atoms with Gasteiger partial charge in [-0.2, -0.15) is 0 Å². The van der Waals surface area contributed by atoms with Gasteiger partial charge in [-0.1, -0.05) is 35.5 Å². The van der Waals surface area contributed by atoms with Gasteiger partial charge in [0.2, 0.25) is 0 Å². The zero-order valence-corrected chi connectivity index (χ0v) is 7.16. The molecule has 0 atom stereocenters. The van der Waals surface area contributed by atoms with Crippen LogP contribution < -0.4 is 0 Å². The van der Waals surface area contributed by atoms with Gasteiger partial charge in [0.1, 0.15) is 5.69 Å². The fourth-order valence-corrected chi connectivity index (χ4v) is 1.13. The van der Waals surface area contributed by atoms with E-state index >= 15 is 0 Å². The molecule has 2 rings (SSSR count). The molecule has 0 saturated heterocycles. The maximum atomic E-state index is 8.37. The fourth-order valence-electron chi connectivity index (χ4n) is 1.13. The molecule has 0 aliphatic carbocycles. The van der Waals surface area contributed by atoms with E-state index in [1.807, 2.05) is 30.3 Å². The molecule has 0 aliphatic heterocycles. The van der Waals surface area contributed by atoms with Gasteiger partial charge in [0.05, 0.1) is 6.21 Å². The van der Waals surface area contributed by atoms with Crippen molar-refractivity contribution in [1.29, 1.82) is 0 Å². The van der Waals surface area contributed by atoms with E-state index in [1.165, 1.54) is 6.21 Å². The first-order valence-corrected chi connectivity index (χ1v) is 3.97. The first-order valence-electron chi connectivity index (χ1n) is 3.97.